The van der Waals surface area contributed by atoms with Crippen LogP contribution in [0.4, 0.5) is 0 Å². The molecular formula is C55H104O11. The zero-order valence-corrected chi connectivity index (χ0v) is 42.9. The molecule has 0 unspecified atom stereocenters. The van der Waals surface area contributed by atoms with Gasteiger partial charge in [-0.25, -0.2) is 0 Å². The maximum absolute atomic E-state index is 12.5. The third-order valence-electron chi connectivity index (χ3n) is 13.9. The minimum absolute atomic E-state index is 0.173. The summed E-state index contributed by atoms with van der Waals surface area (Å²) in [6.07, 6.45) is 40.3. The van der Waals surface area contributed by atoms with Crippen molar-refractivity contribution in [3.05, 3.63) is 0 Å². The van der Waals surface area contributed by atoms with Gasteiger partial charge in [0.2, 0.25) is 0 Å². The number of aliphatic hydroxyl groups excluding tert-OH is 3. The molecule has 0 bridgehead atoms. The predicted octanol–water partition coefficient (Wildman–Crippen LogP) is 13.3. The summed E-state index contributed by atoms with van der Waals surface area (Å²) in [5, 5.41) is 32.4. The first-order valence-corrected chi connectivity index (χ1v) is 28.2. The van der Waals surface area contributed by atoms with Crippen molar-refractivity contribution in [3.8, 4) is 0 Å². The van der Waals surface area contributed by atoms with Gasteiger partial charge in [0.15, 0.2) is 12.6 Å². The molecule has 2 aliphatic heterocycles. The van der Waals surface area contributed by atoms with E-state index in [2.05, 4.69) is 13.8 Å². The number of unbranched alkanes of at least 4 members (excludes halogenated alkanes) is 36. The zero-order valence-electron chi connectivity index (χ0n) is 42.9. The Labute approximate surface area is 404 Å². The number of hydrogen-bond acceptors (Lipinski definition) is 11. The van der Waals surface area contributed by atoms with E-state index in [1.165, 1.54) is 213 Å². The molecule has 2 rings (SSSR count). The monoisotopic (exact) mass is 941 g/mol. The second-order valence-electron chi connectivity index (χ2n) is 20.0. The van der Waals surface area contributed by atoms with Crippen LogP contribution in [0.1, 0.15) is 271 Å². The Morgan fingerprint density at radius 1 is 0.379 bits per heavy atom. The summed E-state index contributed by atoms with van der Waals surface area (Å²) in [5.74, 6) is -0.718. The Morgan fingerprint density at radius 2 is 0.652 bits per heavy atom. The average molecular weight is 941 g/mol. The minimum Gasteiger partial charge on any atom is -0.463 e. The first-order valence-electron chi connectivity index (χ1n) is 28.2. The zero-order chi connectivity index (χ0) is 47.7. The van der Waals surface area contributed by atoms with Crippen molar-refractivity contribution in [2.45, 2.75) is 320 Å². The lowest BCUT2D eigenvalue weighted by Gasteiger charge is -2.25. The van der Waals surface area contributed by atoms with E-state index in [-0.39, 0.29) is 31.6 Å². The molecule has 0 aromatic rings. The molecule has 8 atom stereocenters. The lowest BCUT2D eigenvalue weighted by molar-refractivity contribution is -0.242. The van der Waals surface area contributed by atoms with Crippen LogP contribution in [0.3, 0.4) is 0 Å². The average Bonchev–Trinajstić information content (AvgIpc) is 3.77. The van der Waals surface area contributed by atoms with Crippen LogP contribution in [0.5, 0.6) is 0 Å². The van der Waals surface area contributed by atoms with Crippen molar-refractivity contribution < 1.29 is 53.3 Å². The summed E-state index contributed by atoms with van der Waals surface area (Å²) in [5.41, 5.74) is 0. The van der Waals surface area contributed by atoms with Crippen molar-refractivity contribution >= 4 is 11.9 Å². The summed E-state index contributed by atoms with van der Waals surface area (Å²) in [6, 6.07) is 0. The molecule has 11 heteroatoms. The topological polar surface area (TPSA) is 150 Å². The van der Waals surface area contributed by atoms with Gasteiger partial charge in [-0.15, -0.1) is 0 Å². The van der Waals surface area contributed by atoms with E-state index in [1.807, 2.05) is 0 Å². The van der Waals surface area contributed by atoms with Crippen molar-refractivity contribution in [1.29, 1.82) is 0 Å². The predicted molar refractivity (Wildman–Crippen MR) is 265 cm³/mol. The molecule has 66 heavy (non-hydrogen) atoms. The highest BCUT2D eigenvalue weighted by Gasteiger charge is 2.51. The van der Waals surface area contributed by atoms with Gasteiger partial charge in [0.25, 0.3) is 0 Å². The van der Waals surface area contributed by atoms with Crippen LogP contribution in [0, 0.1) is 0 Å². The first-order chi connectivity index (χ1) is 32.3. The molecule has 0 radical (unpaired) electrons. The summed E-state index contributed by atoms with van der Waals surface area (Å²) in [4.78, 5) is 24.9. The van der Waals surface area contributed by atoms with E-state index in [0.717, 1.165) is 38.5 Å². The first kappa shape index (κ1) is 60.8. The maximum Gasteiger partial charge on any atom is 0.305 e. The van der Waals surface area contributed by atoms with E-state index < -0.39 is 49.2 Å². The maximum atomic E-state index is 12.5. The van der Waals surface area contributed by atoms with Gasteiger partial charge in [-0.2, -0.15) is 0 Å². The van der Waals surface area contributed by atoms with Crippen LogP contribution in [-0.4, -0.2) is 96.8 Å². The van der Waals surface area contributed by atoms with E-state index >= 15 is 0 Å². The Balaban J connectivity index is 1.45. The number of carbonyl (C=O) groups excluding carboxylic acids is 2. The molecule has 2 heterocycles. The number of methoxy groups -OCH3 is 1. The van der Waals surface area contributed by atoms with Crippen molar-refractivity contribution in [1.82, 2.24) is 0 Å². The molecule has 0 aromatic carbocycles. The fourth-order valence-electron chi connectivity index (χ4n) is 9.48. The quantitative estimate of drug-likeness (QED) is 0.0395. The Hall–Kier alpha value is -1.34. The molecular weight excluding hydrogens is 837 g/mol. The van der Waals surface area contributed by atoms with Crippen molar-refractivity contribution in [2.75, 3.05) is 20.3 Å². The Morgan fingerprint density at radius 3 is 0.955 bits per heavy atom. The second kappa shape index (κ2) is 42.5. The molecule has 0 saturated carbocycles. The molecule has 0 spiro atoms. The molecule has 390 valence electrons. The summed E-state index contributed by atoms with van der Waals surface area (Å²) >= 11 is 0. The molecule has 11 nitrogen and oxygen atoms in total. The Kier molecular flexibility index (Phi) is 39.2. The number of carbonyl (C=O) groups is 2. The van der Waals surface area contributed by atoms with Gasteiger partial charge in [-0.05, 0) is 12.8 Å². The minimum atomic E-state index is -1.45. The van der Waals surface area contributed by atoms with Gasteiger partial charge in [0.1, 0.15) is 49.8 Å². The Bertz CT molecular complexity index is 1110. The fourth-order valence-corrected chi connectivity index (χ4v) is 9.48. The number of rotatable bonds is 47. The van der Waals surface area contributed by atoms with Crippen LogP contribution in [0.2, 0.25) is 0 Å². The third kappa shape index (κ3) is 30.3. The number of aliphatic hydroxyl groups is 3. The third-order valence-corrected chi connectivity index (χ3v) is 13.9. The molecule has 0 aromatic heterocycles. The van der Waals surface area contributed by atoms with Crippen LogP contribution in [-0.2, 0) is 38.0 Å². The van der Waals surface area contributed by atoms with Crippen molar-refractivity contribution in [2.24, 2.45) is 0 Å². The van der Waals surface area contributed by atoms with Gasteiger partial charge in [-0.3, -0.25) is 9.59 Å². The SMILES string of the molecule is CCCCCCCCCCCCCCCCCCCCCC(=O)OC[C@H]1O[C@@H](O[C@@H]2[C@@H](OC)O[C@H](COC(=O)CCCCCCCCCCCCCCCCCCCCC)[C@H]2O)[C@@H](O)[C@@H]1O. The van der Waals surface area contributed by atoms with E-state index in [4.69, 9.17) is 28.4 Å². The van der Waals surface area contributed by atoms with Gasteiger partial charge in [0, 0.05) is 20.0 Å². The van der Waals surface area contributed by atoms with Crippen LogP contribution in [0.25, 0.3) is 0 Å². The lowest BCUT2D eigenvalue weighted by atomic mass is 10.0. The van der Waals surface area contributed by atoms with Crippen molar-refractivity contribution in [3.63, 3.8) is 0 Å². The molecule has 3 N–H and O–H groups in total. The summed E-state index contributed by atoms with van der Waals surface area (Å²) in [7, 11) is 1.39. The highest BCUT2D eigenvalue weighted by atomic mass is 16.8. The lowest BCUT2D eigenvalue weighted by Crippen LogP contribution is -2.43. The van der Waals surface area contributed by atoms with Gasteiger partial charge in [0.05, 0.1) is 0 Å². The molecule has 2 saturated heterocycles. The largest absolute Gasteiger partial charge is 0.463 e. The van der Waals surface area contributed by atoms with E-state index in [1.54, 1.807) is 0 Å². The highest BCUT2D eigenvalue weighted by molar-refractivity contribution is 5.69. The summed E-state index contributed by atoms with van der Waals surface area (Å²) in [6.45, 7) is 4.15. The second-order valence-corrected chi connectivity index (χ2v) is 20.0. The standard InChI is InChI=1S/C55H104O11/c1-4-6-8-10-12-14-16-18-20-22-24-26-28-30-32-34-36-38-40-42-48(56)62-44-46-50(58)52(60)54(64-46)66-53-51(59)47(65-55(53)61-3)45-63-49(57)43-41-39-37-35-33-31-29-27-25-23-21-19-17-15-13-11-9-7-5-2/h46-47,50-55,58-60H,4-45H2,1-3H3/t46-,47-,50-,51-,52+,53+,54+,55+/m1/s1. The molecule has 0 amide bonds. The van der Waals surface area contributed by atoms with Gasteiger partial charge >= 0.3 is 11.9 Å². The van der Waals surface area contributed by atoms with E-state index in [0.29, 0.717) is 6.42 Å². The van der Waals surface area contributed by atoms with Gasteiger partial charge in [-0.1, -0.05) is 245 Å². The van der Waals surface area contributed by atoms with Crippen LogP contribution >= 0.6 is 0 Å². The smallest absolute Gasteiger partial charge is 0.305 e. The number of esters is 2. The highest BCUT2D eigenvalue weighted by Crippen LogP contribution is 2.31. The summed E-state index contributed by atoms with van der Waals surface area (Å²) < 4.78 is 33.6. The van der Waals surface area contributed by atoms with Crippen LogP contribution < -0.4 is 0 Å². The molecule has 2 fully saturated rings. The number of ether oxygens (including phenoxy) is 6. The molecule has 0 aliphatic carbocycles. The molecule has 2 aliphatic rings. The van der Waals surface area contributed by atoms with Gasteiger partial charge < -0.3 is 43.7 Å². The normalized spacial score (nSPS) is 22.9. The van der Waals surface area contributed by atoms with E-state index in [9.17, 15) is 24.9 Å². The fraction of sp³-hybridized carbons (Fsp3) is 0.964. The van der Waals surface area contributed by atoms with Crippen LogP contribution in [0.15, 0.2) is 0 Å². The number of hydrogen-bond donors (Lipinski definition) is 3.